The highest BCUT2D eigenvalue weighted by molar-refractivity contribution is 7.80. The predicted octanol–water partition coefficient (Wildman–Crippen LogP) is 2.14. The first-order valence-electron chi connectivity index (χ1n) is 6.12. The van der Waals surface area contributed by atoms with Gasteiger partial charge in [-0.2, -0.15) is 0 Å². The Labute approximate surface area is 119 Å². The zero-order valence-electron chi connectivity index (χ0n) is 10.5. The lowest BCUT2D eigenvalue weighted by atomic mass is 10.2. The topological polar surface area (TPSA) is 32.5 Å². The van der Waals surface area contributed by atoms with Gasteiger partial charge in [0.15, 0.2) is 0 Å². The van der Waals surface area contributed by atoms with Crippen LogP contribution in [0.2, 0.25) is 5.02 Å². The summed E-state index contributed by atoms with van der Waals surface area (Å²) in [6.45, 7) is 5.90. The van der Waals surface area contributed by atoms with Crippen molar-refractivity contribution < 1.29 is 0 Å². The van der Waals surface area contributed by atoms with Crippen LogP contribution >= 0.6 is 23.8 Å². The molecule has 5 heteroatoms. The minimum atomic E-state index is 0.174. The number of nitrogens with zero attached hydrogens (tertiary/aromatic N) is 2. The van der Waals surface area contributed by atoms with Crippen molar-refractivity contribution >= 4 is 34.5 Å². The molecule has 1 aliphatic rings. The lowest BCUT2D eigenvalue weighted by Crippen LogP contribution is -2.52. The van der Waals surface area contributed by atoms with E-state index >= 15 is 0 Å². The number of para-hydroxylation sites is 1. The molecule has 18 heavy (non-hydrogen) atoms. The molecule has 3 nitrogen and oxygen atoms in total. The molecule has 1 atom stereocenters. The van der Waals surface area contributed by atoms with Gasteiger partial charge in [0.1, 0.15) is 0 Å². The smallest absolute Gasteiger partial charge is 0.0899 e. The van der Waals surface area contributed by atoms with E-state index in [1.807, 2.05) is 18.2 Å². The minimum absolute atomic E-state index is 0.174. The van der Waals surface area contributed by atoms with Crippen LogP contribution in [0.1, 0.15) is 6.92 Å². The molecule has 2 N–H and O–H groups in total. The summed E-state index contributed by atoms with van der Waals surface area (Å²) in [6.07, 6.45) is 0. The van der Waals surface area contributed by atoms with Crippen molar-refractivity contribution in [2.45, 2.75) is 13.0 Å². The summed E-state index contributed by atoms with van der Waals surface area (Å²) in [4.78, 5) is 5.20. The first kappa shape index (κ1) is 13.6. The van der Waals surface area contributed by atoms with Gasteiger partial charge in [0, 0.05) is 26.2 Å². The molecule has 1 aromatic rings. The van der Waals surface area contributed by atoms with Crippen LogP contribution in [-0.2, 0) is 0 Å². The standard InChI is InChI=1S/C13H18ClN3S/c1-10(13(15)18)16-6-8-17(9-7-16)12-5-3-2-4-11(12)14/h2-5,10H,6-9H2,1H3,(H2,15,18). The highest BCUT2D eigenvalue weighted by Gasteiger charge is 2.23. The van der Waals surface area contributed by atoms with E-state index in [0.717, 1.165) is 36.9 Å². The van der Waals surface area contributed by atoms with Gasteiger partial charge in [0.25, 0.3) is 0 Å². The Hall–Kier alpha value is -0.840. The second kappa shape index (κ2) is 5.87. The molecule has 0 radical (unpaired) electrons. The molecule has 1 aromatic carbocycles. The first-order valence-corrected chi connectivity index (χ1v) is 6.91. The molecule has 0 spiro atoms. The summed E-state index contributed by atoms with van der Waals surface area (Å²) in [5.41, 5.74) is 6.80. The number of thiocarbonyl (C=S) groups is 1. The number of piperazine rings is 1. The zero-order valence-corrected chi connectivity index (χ0v) is 12.0. The van der Waals surface area contributed by atoms with Crippen molar-refractivity contribution in [2.75, 3.05) is 31.1 Å². The second-order valence-electron chi connectivity index (χ2n) is 4.55. The van der Waals surface area contributed by atoms with E-state index in [4.69, 9.17) is 29.6 Å². The van der Waals surface area contributed by atoms with Gasteiger partial charge in [-0.3, -0.25) is 4.90 Å². The zero-order chi connectivity index (χ0) is 13.1. The monoisotopic (exact) mass is 283 g/mol. The van der Waals surface area contributed by atoms with Crippen LogP contribution in [0.15, 0.2) is 24.3 Å². The van der Waals surface area contributed by atoms with E-state index < -0.39 is 0 Å². The van der Waals surface area contributed by atoms with Crippen molar-refractivity contribution in [3.05, 3.63) is 29.3 Å². The molecule has 1 saturated heterocycles. The van der Waals surface area contributed by atoms with Crippen LogP contribution in [0.25, 0.3) is 0 Å². The maximum Gasteiger partial charge on any atom is 0.0899 e. The molecule has 98 valence electrons. The van der Waals surface area contributed by atoms with Gasteiger partial charge in [-0.15, -0.1) is 0 Å². The quantitative estimate of drug-likeness (QED) is 0.862. The molecular weight excluding hydrogens is 266 g/mol. The number of hydrogen-bond donors (Lipinski definition) is 1. The van der Waals surface area contributed by atoms with Crippen LogP contribution in [0.5, 0.6) is 0 Å². The molecule has 0 amide bonds. The van der Waals surface area contributed by atoms with Crippen LogP contribution < -0.4 is 10.6 Å². The highest BCUT2D eigenvalue weighted by atomic mass is 35.5. The van der Waals surface area contributed by atoms with Crippen LogP contribution in [0, 0.1) is 0 Å². The fourth-order valence-corrected chi connectivity index (χ4v) is 2.64. The summed E-state index contributed by atoms with van der Waals surface area (Å²) < 4.78 is 0. The summed E-state index contributed by atoms with van der Waals surface area (Å²) in [5, 5.41) is 0.813. The minimum Gasteiger partial charge on any atom is -0.392 e. The Kier molecular flexibility index (Phi) is 4.43. The molecule has 1 unspecified atom stereocenters. The van der Waals surface area contributed by atoms with E-state index in [1.54, 1.807) is 0 Å². The summed E-state index contributed by atoms with van der Waals surface area (Å²) in [7, 11) is 0. The Morgan fingerprint density at radius 2 is 1.89 bits per heavy atom. The molecule has 2 rings (SSSR count). The molecule has 1 heterocycles. The SMILES string of the molecule is CC(C(N)=S)N1CCN(c2ccccc2Cl)CC1. The van der Waals surface area contributed by atoms with Crippen molar-refractivity contribution in [1.82, 2.24) is 4.90 Å². The normalized spacial score (nSPS) is 18.7. The third-order valence-corrected chi connectivity index (χ3v) is 4.13. The maximum absolute atomic E-state index is 6.21. The largest absolute Gasteiger partial charge is 0.392 e. The van der Waals surface area contributed by atoms with Crippen molar-refractivity contribution in [1.29, 1.82) is 0 Å². The third-order valence-electron chi connectivity index (χ3n) is 3.47. The third kappa shape index (κ3) is 2.94. The molecule has 0 aromatic heterocycles. The van der Waals surface area contributed by atoms with Gasteiger partial charge >= 0.3 is 0 Å². The van der Waals surface area contributed by atoms with Crippen LogP contribution in [0.3, 0.4) is 0 Å². The number of anilines is 1. The molecule has 0 bridgehead atoms. The molecule has 0 aliphatic carbocycles. The molecular formula is C13H18ClN3S. The van der Waals surface area contributed by atoms with Gasteiger partial charge in [-0.25, -0.2) is 0 Å². The van der Waals surface area contributed by atoms with Crippen molar-refractivity contribution in [2.24, 2.45) is 5.73 Å². The summed E-state index contributed by atoms with van der Waals surface area (Å²) in [6, 6.07) is 8.14. The Balaban J connectivity index is 1.99. The van der Waals surface area contributed by atoms with E-state index in [9.17, 15) is 0 Å². The van der Waals surface area contributed by atoms with Gasteiger partial charge < -0.3 is 10.6 Å². The second-order valence-corrected chi connectivity index (χ2v) is 5.43. The number of nitrogens with two attached hydrogens (primary N) is 1. The van der Waals surface area contributed by atoms with Crippen molar-refractivity contribution in [3.63, 3.8) is 0 Å². The maximum atomic E-state index is 6.21. The van der Waals surface area contributed by atoms with Gasteiger partial charge in [-0.05, 0) is 19.1 Å². The van der Waals surface area contributed by atoms with E-state index in [2.05, 4.69) is 22.8 Å². The molecule has 1 aliphatic heterocycles. The number of benzene rings is 1. The fourth-order valence-electron chi connectivity index (χ4n) is 2.24. The average molecular weight is 284 g/mol. The van der Waals surface area contributed by atoms with E-state index in [1.165, 1.54) is 0 Å². The number of rotatable bonds is 3. The Morgan fingerprint density at radius 1 is 1.28 bits per heavy atom. The van der Waals surface area contributed by atoms with Gasteiger partial charge in [0.05, 0.1) is 21.7 Å². The fraction of sp³-hybridized carbons (Fsp3) is 0.462. The summed E-state index contributed by atoms with van der Waals surface area (Å²) in [5.74, 6) is 0. The Morgan fingerprint density at radius 3 is 2.44 bits per heavy atom. The first-order chi connectivity index (χ1) is 8.59. The Bertz CT molecular complexity index is 430. The van der Waals surface area contributed by atoms with Crippen LogP contribution in [-0.4, -0.2) is 42.1 Å². The molecule has 1 fully saturated rings. The predicted molar refractivity (Wildman–Crippen MR) is 81.5 cm³/mol. The lowest BCUT2D eigenvalue weighted by molar-refractivity contribution is 0.239. The number of hydrogen-bond acceptors (Lipinski definition) is 3. The average Bonchev–Trinajstić information content (AvgIpc) is 2.38. The number of halogens is 1. The lowest BCUT2D eigenvalue weighted by Gasteiger charge is -2.39. The van der Waals surface area contributed by atoms with E-state index in [0.29, 0.717) is 4.99 Å². The summed E-state index contributed by atoms with van der Waals surface area (Å²) >= 11 is 11.3. The van der Waals surface area contributed by atoms with E-state index in [-0.39, 0.29) is 6.04 Å². The highest BCUT2D eigenvalue weighted by Crippen LogP contribution is 2.26. The molecule has 0 saturated carbocycles. The van der Waals surface area contributed by atoms with Gasteiger partial charge in [0.2, 0.25) is 0 Å². The van der Waals surface area contributed by atoms with Crippen LogP contribution in [0.4, 0.5) is 5.69 Å². The van der Waals surface area contributed by atoms with Gasteiger partial charge in [-0.1, -0.05) is 36.0 Å². The van der Waals surface area contributed by atoms with Crippen molar-refractivity contribution in [3.8, 4) is 0 Å².